The van der Waals surface area contributed by atoms with Gasteiger partial charge in [0.25, 0.3) is 5.91 Å². The third-order valence-electron chi connectivity index (χ3n) is 4.67. The number of nitrogens with one attached hydrogen (secondary N) is 1. The van der Waals surface area contributed by atoms with E-state index in [1.807, 2.05) is 42.5 Å². The maximum absolute atomic E-state index is 13.0. The van der Waals surface area contributed by atoms with Gasteiger partial charge in [-0.25, -0.2) is 4.98 Å². The molecule has 0 atom stereocenters. The number of carbonyl (C=O) groups excluding carboxylic acids is 1. The maximum Gasteiger partial charge on any atom is 0.252 e. The molecule has 0 unspecified atom stereocenters. The molecule has 0 fully saturated rings. The van der Waals surface area contributed by atoms with E-state index in [4.69, 9.17) is 4.98 Å². The van der Waals surface area contributed by atoms with Crippen molar-refractivity contribution in [3.63, 3.8) is 0 Å². The molecule has 0 spiro atoms. The molecule has 2 heterocycles. The quantitative estimate of drug-likeness (QED) is 0.480. The lowest BCUT2D eigenvalue weighted by molar-refractivity contribution is 0.0952. The third kappa shape index (κ3) is 4.63. The summed E-state index contributed by atoms with van der Waals surface area (Å²) in [4.78, 5) is 22.9. The van der Waals surface area contributed by atoms with Crippen LogP contribution >= 0.6 is 11.8 Å². The first kappa shape index (κ1) is 19.2. The van der Waals surface area contributed by atoms with E-state index >= 15 is 0 Å². The first-order valence-electron chi connectivity index (χ1n) is 9.56. The number of pyridine rings is 2. The fraction of sp³-hybridized carbons (Fsp3) is 0.125. The standard InChI is InChI=1S/C24H21N3OS/c1-2-17-9-11-19(12-10-17)29-23-14-21(20-7-3-4-8-22(20)27-23)24(28)26-16-18-6-5-13-25-15-18/h3-15H,2,16H2,1H3,(H,26,28). The Bertz CT molecular complexity index is 1130. The van der Waals surface area contributed by atoms with Crippen molar-refractivity contribution in [1.82, 2.24) is 15.3 Å². The molecule has 2 aromatic carbocycles. The van der Waals surface area contributed by atoms with Gasteiger partial charge in [0.2, 0.25) is 0 Å². The van der Waals surface area contributed by atoms with Gasteiger partial charge in [0.05, 0.1) is 11.1 Å². The fourth-order valence-corrected chi connectivity index (χ4v) is 3.92. The molecule has 0 aliphatic carbocycles. The monoisotopic (exact) mass is 399 g/mol. The second-order valence-corrected chi connectivity index (χ2v) is 7.76. The number of rotatable bonds is 6. The normalized spacial score (nSPS) is 10.8. The van der Waals surface area contributed by atoms with Crippen molar-refractivity contribution >= 4 is 28.6 Å². The molecule has 4 rings (SSSR count). The van der Waals surface area contributed by atoms with Crippen LogP contribution in [-0.4, -0.2) is 15.9 Å². The van der Waals surface area contributed by atoms with Gasteiger partial charge in [-0.3, -0.25) is 9.78 Å². The van der Waals surface area contributed by atoms with E-state index in [0.29, 0.717) is 12.1 Å². The highest BCUT2D eigenvalue weighted by Gasteiger charge is 2.13. The number of hydrogen-bond acceptors (Lipinski definition) is 4. The number of aryl methyl sites for hydroxylation is 1. The van der Waals surface area contributed by atoms with Crippen LogP contribution in [0.4, 0.5) is 0 Å². The number of para-hydroxylation sites is 1. The summed E-state index contributed by atoms with van der Waals surface area (Å²) in [5.74, 6) is -0.115. The summed E-state index contributed by atoms with van der Waals surface area (Å²) in [5, 5.41) is 4.65. The van der Waals surface area contributed by atoms with E-state index in [1.165, 1.54) is 5.56 Å². The summed E-state index contributed by atoms with van der Waals surface area (Å²) >= 11 is 1.57. The Kier molecular flexibility index (Phi) is 5.86. The Morgan fingerprint density at radius 2 is 1.83 bits per heavy atom. The van der Waals surface area contributed by atoms with Gasteiger partial charge >= 0.3 is 0 Å². The van der Waals surface area contributed by atoms with E-state index in [0.717, 1.165) is 32.8 Å². The number of aromatic nitrogens is 2. The lowest BCUT2D eigenvalue weighted by Crippen LogP contribution is -2.23. The predicted molar refractivity (Wildman–Crippen MR) is 117 cm³/mol. The molecule has 2 aromatic heterocycles. The van der Waals surface area contributed by atoms with Gasteiger partial charge in [-0.2, -0.15) is 0 Å². The number of nitrogens with zero attached hydrogens (tertiary/aromatic N) is 2. The van der Waals surface area contributed by atoms with Crippen LogP contribution in [0.5, 0.6) is 0 Å². The number of fused-ring (bicyclic) bond motifs is 1. The molecule has 0 saturated heterocycles. The highest BCUT2D eigenvalue weighted by molar-refractivity contribution is 7.99. The van der Waals surface area contributed by atoms with Crippen LogP contribution in [-0.2, 0) is 13.0 Å². The molecule has 0 bridgehead atoms. The minimum Gasteiger partial charge on any atom is -0.348 e. The van der Waals surface area contributed by atoms with Gasteiger partial charge < -0.3 is 5.32 Å². The third-order valence-corrected chi connectivity index (χ3v) is 5.59. The van der Waals surface area contributed by atoms with E-state index in [9.17, 15) is 4.79 Å². The Morgan fingerprint density at radius 3 is 2.59 bits per heavy atom. The van der Waals surface area contributed by atoms with Crippen molar-refractivity contribution in [2.45, 2.75) is 29.8 Å². The predicted octanol–water partition coefficient (Wildman–Crippen LogP) is 5.27. The molecule has 0 aliphatic rings. The van der Waals surface area contributed by atoms with Crippen molar-refractivity contribution in [2.24, 2.45) is 0 Å². The number of benzene rings is 2. The Hall–Kier alpha value is -3.18. The summed E-state index contributed by atoms with van der Waals surface area (Å²) < 4.78 is 0. The van der Waals surface area contributed by atoms with Gasteiger partial charge in [0.15, 0.2) is 0 Å². The fourth-order valence-electron chi connectivity index (χ4n) is 3.09. The van der Waals surface area contributed by atoms with Crippen LogP contribution in [0.3, 0.4) is 0 Å². The summed E-state index contributed by atoms with van der Waals surface area (Å²) in [6.45, 7) is 2.58. The van der Waals surface area contributed by atoms with Crippen LogP contribution < -0.4 is 5.32 Å². The molecular weight excluding hydrogens is 378 g/mol. The molecule has 0 aliphatic heterocycles. The largest absolute Gasteiger partial charge is 0.348 e. The zero-order chi connectivity index (χ0) is 20.1. The Labute approximate surface area is 174 Å². The van der Waals surface area contributed by atoms with Gasteiger partial charge in [-0.05, 0) is 47.9 Å². The molecule has 1 N–H and O–H groups in total. The Morgan fingerprint density at radius 1 is 1.00 bits per heavy atom. The van der Waals surface area contributed by atoms with Gasteiger partial charge in [-0.1, -0.05) is 55.1 Å². The van der Waals surface area contributed by atoms with E-state index < -0.39 is 0 Å². The SMILES string of the molecule is CCc1ccc(Sc2cc(C(=O)NCc3cccnc3)c3ccccc3n2)cc1. The molecule has 144 valence electrons. The zero-order valence-corrected chi connectivity index (χ0v) is 16.9. The lowest BCUT2D eigenvalue weighted by atomic mass is 10.1. The molecule has 4 nitrogen and oxygen atoms in total. The average Bonchev–Trinajstić information content (AvgIpc) is 2.78. The second-order valence-electron chi connectivity index (χ2n) is 6.67. The van der Waals surface area contributed by atoms with Crippen LogP contribution in [0.2, 0.25) is 0 Å². The maximum atomic E-state index is 13.0. The van der Waals surface area contributed by atoms with Crippen LogP contribution in [0, 0.1) is 0 Å². The molecule has 4 aromatic rings. The molecule has 1 amide bonds. The average molecular weight is 400 g/mol. The zero-order valence-electron chi connectivity index (χ0n) is 16.1. The van der Waals surface area contributed by atoms with Crippen molar-refractivity contribution < 1.29 is 4.79 Å². The van der Waals surface area contributed by atoms with E-state index in [2.05, 4.69) is 41.5 Å². The van der Waals surface area contributed by atoms with Crippen LogP contribution in [0.15, 0.2) is 89.0 Å². The summed E-state index contributed by atoms with van der Waals surface area (Å²) in [6.07, 6.45) is 4.49. The minimum atomic E-state index is -0.115. The first-order chi connectivity index (χ1) is 14.2. The molecule has 0 radical (unpaired) electrons. The second kappa shape index (κ2) is 8.88. The van der Waals surface area contributed by atoms with Crippen molar-refractivity contribution in [1.29, 1.82) is 0 Å². The highest BCUT2D eigenvalue weighted by Crippen LogP contribution is 2.30. The molecular formula is C24H21N3OS. The Balaban J connectivity index is 1.62. The first-order valence-corrected chi connectivity index (χ1v) is 10.4. The van der Waals surface area contributed by atoms with Gasteiger partial charge in [0, 0.05) is 29.2 Å². The highest BCUT2D eigenvalue weighted by atomic mass is 32.2. The molecule has 29 heavy (non-hydrogen) atoms. The van der Waals surface area contributed by atoms with Crippen molar-refractivity contribution in [2.75, 3.05) is 0 Å². The summed E-state index contributed by atoms with van der Waals surface area (Å²) in [5.41, 5.74) is 3.71. The van der Waals surface area contributed by atoms with Crippen LogP contribution in [0.25, 0.3) is 10.9 Å². The number of carbonyl (C=O) groups is 1. The van der Waals surface area contributed by atoms with Crippen molar-refractivity contribution in [3.8, 4) is 0 Å². The smallest absolute Gasteiger partial charge is 0.252 e. The topological polar surface area (TPSA) is 54.9 Å². The van der Waals surface area contributed by atoms with E-state index in [-0.39, 0.29) is 5.91 Å². The lowest BCUT2D eigenvalue weighted by Gasteiger charge is -2.10. The summed E-state index contributed by atoms with van der Waals surface area (Å²) in [6, 6.07) is 21.9. The number of amides is 1. The van der Waals surface area contributed by atoms with Crippen molar-refractivity contribution in [3.05, 3.63) is 95.8 Å². The molecule has 5 heteroatoms. The minimum absolute atomic E-state index is 0.115. The van der Waals surface area contributed by atoms with E-state index in [1.54, 1.807) is 24.2 Å². The van der Waals surface area contributed by atoms with Gasteiger partial charge in [0.1, 0.15) is 5.03 Å². The molecule has 0 saturated carbocycles. The van der Waals surface area contributed by atoms with Gasteiger partial charge in [-0.15, -0.1) is 0 Å². The van der Waals surface area contributed by atoms with Crippen LogP contribution in [0.1, 0.15) is 28.4 Å². The number of hydrogen-bond donors (Lipinski definition) is 1. The summed E-state index contributed by atoms with van der Waals surface area (Å²) in [7, 11) is 0.